The third-order valence-electron chi connectivity index (χ3n) is 4.00. The molecule has 0 aliphatic heterocycles. The highest BCUT2D eigenvalue weighted by atomic mass is 16.7. The Morgan fingerprint density at radius 1 is 0.833 bits per heavy atom. The van der Waals surface area contributed by atoms with Gasteiger partial charge in [-0.25, -0.2) is 0 Å². The predicted molar refractivity (Wildman–Crippen MR) is 101 cm³/mol. The van der Waals surface area contributed by atoms with Crippen LogP contribution in [0.5, 0.6) is 0 Å². The van der Waals surface area contributed by atoms with Gasteiger partial charge in [0, 0.05) is 13.1 Å². The fourth-order valence-corrected chi connectivity index (χ4v) is 3.15. The minimum absolute atomic E-state index is 0.180. The molecule has 0 amide bonds. The van der Waals surface area contributed by atoms with Crippen LogP contribution in [0.25, 0.3) is 0 Å². The summed E-state index contributed by atoms with van der Waals surface area (Å²) < 4.78 is 0. The topological polar surface area (TPSA) is 12.5 Å². The Balaban J connectivity index is 2.02. The van der Waals surface area contributed by atoms with Crippen molar-refractivity contribution in [1.29, 1.82) is 0 Å². The van der Waals surface area contributed by atoms with E-state index in [0.29, 0.717) is 5.92 Å². The molecule has 2 rings (SSSR count). The molecule has 24 heavy (non-hydrogen) atoms. The Labute approximate surface area is 147 Å². The van der Waals surface area contributed by atoms with Crippen molar-refractivity contribution in [2.24, 2.45) is 11.3 Å². The molecule has 0 spiro atoms. The van der Waals surface area contributed by atoms with Gasteiger partial charge in [0.2, 0.25) is 0 Å². The lowest BCUT2D eigenvalue weighted by molar-refractivity contribution is -0.195. The van der Waals surface area contributed by atoms with Crippen molar-refractivity contribution in [3.05, 3.63) is 71.8 Å². The van der Waals surface area contributed by atoms with E-state index >= 15 is 0 Å². The summed E-state index contributed by atoms with van der Waals surface area (Å²) in [6, 6.07) is 21.0. The van der Waals surface area contributed by atoms with Crippen LogP contribution in [0.4, 0.5) is 0 Å². The van der Waals surface area contributed by atoms with Gasteiger partial charge in [0.05, 0.1) is 6.61 Å². The molecule has 0 atom stereocenters. The summed E-state index contributed by atoms with van der Waals surface area (Å²) in [7, 11) is 0. The molecule has 2 aromatic rings. The number of hydroxylamine groups is 2. The summed E-state index contributed by atoms with van der Waals surface area (Å²) in [6.07, 6.45) is 1.16. The van der Waals surface area contributed by atoms with Crippen molar-refractivity contribution < 1.29 is 4.84 Å². The van der Waals surface area contributed by atoms with E-state index < -0.39 is 0 Å². The molecule has 0 heterocycles. The van der Waals surface area contributed by atoms with Crippen LogP contribution >= 0.6 is 0 Å². The molecule has 130 valence electrons. The highest BCUT2D eigenvalue weighted by molar-refractivity contribution is 5.16. The van der Waals surface area contributed by atoms with Crippen LogP contribution in [0.15, 0.2) is 60.7 Å². The number of benzene rings is 2. The first-order valence-electron chi connectivity index (χ1n) is 8.90. The van der Waals surface area contributed by atoms with E-state index in [4.69, 9.17) is 4.84 Å². The number of rotatable bonds is 9. The van der Waals surface area contributed by atoms with E-state index in [1.165, 1.54) is 11.1 Å². The summed E-state index contributed by atoms with van der Waals surface area (Å²) in [4.78, 5) is 6.25. The lowest BCUT2D eigenvalue weighted by Crippen LogP contribution is -2.30. The molecule has 2 heteroatoms. The molecule has 0 aliphatic carbocycles. The van der Waals surface area contributed by atoms with Gasteiger partial charge in [0.15, 0.2) is 0 Å². The van der Waals surface area contributed by atoms with Crippen LogP contribution in [-0.4, -0.2) is 11.7 Å². The molecular formula is C22H31NO. The molecule has 0 N–H and O–H groups in total. The van der Waals surface area contributed by atoms with Gasteiger partial charge in [0.1, 0.15) is 0 Å². The Morgan fingerprint density at radius 3 is 1.71 bits per heavy atom. The Hall–Kier alpha value is -1.64. The SMILES string of the molecule is CC(C)CC(C)(C)CON(Cc1ccccc1)Cc1ccccc1. The van der Waals surface area contributed by atoms with Gasteiger partial charge in [-0.15, -0.1) is 0 Å². The van der Waals surface area contributed by atoms with Gasteiger partial charge >= 0.3 is 0 Å². The highest BCUT2D eigenvalue weighted by Gasteiger charge is 2.22. The summed E-state index contributed by atoms with van der Waals surface area (Å²) in [5, 5.41) is 2.09. The van der Waals surface area contributed by atoms with E-state index in [1.807, 2.05) is 0 Å². The van der Waals surface area contributed by atoms with Crippen LogP contribution in [-0.2, 0) is 17.9 Å². The van der Waals surface area contributed by atoms with Gasteiger partial charge in [-0.3, -0.25) is 4.84 Å². The van der Waals surface area contributed by atoms with Gasteiger partial charge in [-0.1, -0.05) is 88.4 Å². The molecule has 2 nitrogen and oxygen atoms in total. The van der Waals surface area contributed by atoms with Gasteiger partial charge in [0.25, 0.3) is 0 Å². The summed E-state index contributed by atoms with van der Waals surface area (Å²) in [6.45, 7) is 11.5. The maximum absolute atomic E-state index is 6.25. The first kappa shape index (κ1) is 18.7. The van der Waals surface area contributed by atoms with Crippen LogP contribution in [0.3, 0.4) is 0 Å². The van der Waals surface area contributed by atoms with Crippen molar-refractivity contribution in [2.45, 2.75) is 47.2 Å². The third kappa shape index (κ3) is 6.86. The van der Waals surface area contributed by atoms with Crippen LogP contribution in [0.1, 0.15) is 45.2 Å². The normalized spacial score (nSPS) is 12.1. The maximum Gasteiger partial charge on any atom is 0.0736 e. The van der Waals surface area contributed by atoms with Crippen LogP contribution in [0, 0.1) is 11.3 Å². The molecule has 0 unspecified atom stereocenters. The Bertz CT molecular complexity index is 536. The van der Waals surface area contributed by atoms with Crippen molar-refractivity contribution >= 4 is 0 Å². The average molecular weight is 325 g/mol. The molecular weight excluding hydrogens is 294 g/mol. The molecule has 0 aromatic heterocycles. The molecule has 0 saturated heterocycles. The lowest BCUT2D eigenvalue weighted by atomic mass is 9.85. The number of hydrogen-bond acceptors (Lipinski definition) is 2. The molecule has 0 saturated carbocycles. The van der Waals surface area contributed by atoms with Crippen LogP contribution in [0.2, 0.25) is 0 Å². The second-order valence-electron chi connectivity index (χ2n) is 7.80. The minimum Gasteiger partial charge on any atom is -0.298 e. The molecule has 2 aromatic carbocycles. The van der Waals surface area contributed by atoms with Crippen molar-refractivity contribution in [3.8, 4) is 0 Å². The van der Waals surface area contributed by atoms with E-state index in [1.54, 1.807) is 0 Å². The summed E-state index contributed by atoms with van der Waals surface area (Å²) in [5.74, 6) is 0.681. The molecule has 0 radical (unpaired) electrons. The second-order valence-corrected chi connectivity index (χ2v) is 7.80. The van der Waals surface area contributed by atoms with Crippen LogP contribution < -0.4 is 0 Å². The number of hydrogen-bond donors (Lipinski definition) is 0. The zero-order chi connectivity index (χ0) is 17.4. The largest absolute Gasteiger partial charge is 0.298 e. The van der Waals surface area contributed by atoms with Crippen molar-refractivity contribution in [1.82, 2.24) is 5.06 Å². The Kier molecular flexibility index (Phi) is 7.01. The van der Waals surface area contributed by atoms with Gasteiger partial charge in [-0.2, -0.15) is 5.06 Å². The predicted octanol–water partition coefficient (Wildman–Crippen LogP) is 5.69. The maximum atomic E-state index is 6.25. The lowest BCUT2D eigenvalue weighted by Gasteiger charge is -2.30. The Morgan fingerprint density at radius 2 is 1.29 bits per heavy atom. The van der Waals surface area contributed by atoms with Gasteiger partial charge in [-0.05, 0) is 28.9 Å². The van der Waals surface area contributed by atoms with E-state index in [-0.39, 0.29) is 5.41 Å². The van der Waals surface area contributed by atoms with E-state index in [0.717, 1.165) is 26.1 Å². The minimum atomic E-state index is 0.180. The van der Waals surface area contributed by atoms with E-state index in [9.17, 15) is 0 Å². The average Bonchev–Trinajstić information content (AvgIpc) is 2.53. The standard InChI is InChI=1S/C22H31NO/c1-19(2)15-22(3,4)18-24-23(16-20-11-7-5-8-12-20)17-21-13-9-6-10-14-21/h5-14,19H,15-18H2,1-4H3. The highest BCUT2D eigenvalue weighted by Crippen LogP contribution is 2.26. The van der Waals surface area contributed by atoms with Gasteiger partial charge < -0.3 is 0 Å². The monoisotopic (exact) mass is 325 g/mol. The first-order valence-corrected chi connectivity index (χ1v) is 8.90. The molecule has 0 fully saturated rings. The fraction of sp³-hybridized carbons (Fsp3) is 0.455. The van der Waals surface area contributed by atoms with Crippen molar-refractivity contribution in [3.63, 3.8) is 0 Å². The summed E-state index contributed by atoms with van der Waals surface area (Å²) in [5.41, 5.74) is 2.73. The number of nitrogens with zero attached hydrogens (tertiary/aromatic N) is 1. The second kappa shape index (κ2) is 9.00. The fourth-order valence-electron chi connectivity index (χ4n) is 3.15. The molecule has 0 aliphatic rings. The first-order chi connectivity index (χ1) is 11.4. The zero-order valence-corrected chi connectivity index (χ0v) is 15.5. The van der Waals surface area contributed by atoms with E-state index in [2.05, 4.69) is 93.4 Å². The smallest absolute Gasteiger partial charge is 0.0736 e. The van der Waals surface area contributed by atoms with Crippen molar-refractivity contribution in [2.75, 3.05) is 6.61 Å². The third-order valence-corrected chi connectivity index (χ3v) is 4.00. The zero-order valence-electron chi connectivity index (χ0n) is 15.5. The summed E-state index contributed by atoms with van der Waals surface area (Å²) >= 11 is 0. The quantitative estimate of drug-likeness (QED) is 0.549. The molecule has 0 bridgehead atoms.